The van der Waals surface area contributed by atoms with Crippen molar-refractivity contribution in [3.05, 3.63) is 203 Å². The molecule has 15 N–H and O–H groups in total. The molecule has 34 nitrogen and oxygen atoms in total. The van der Waals surface area contributed by atoms with E-state index in [-0.39, 0.29) is 87.5 Å². The van der Waals surface area contributed by atoms with Crippen molar-refractivity contribution in [1.82, 2.24) is 77.3 Å². The lowest BCUT2D eigenvalue weighted by molar-refractivity contribution is -0.151. The lowest BCUT2D eigenvalue weighted by Gasteiger charge is -2.37. The Morgan fingerprint density at radius 1 is 0.508 bits per heavy atom. The molecule has 706 valence electrons. The monoisotopic (exact) mass is 1850 g/mol. The number of carbonyl (C=O) groups is 15. The predicted molar refractivity (Wildman–Crippen MR) is 501 cm³/mol. The van der Waals surface area contributed by atoms with E-state index in [0.29, 0.717) is 57.1 Å². The first-order chi connectivity index (χ1) is 62.9. The fourth-order valence-corrected chi connectivity index (χ4v) is 17.2. The zero-order valence-corrected chi connectivity index (χ0v) is 77.9. The molecule has 6 aromatic carbocycles. The number of aromatic amines is 1. The van der Waals surface area contributed by atoms with Crippen LogP contribution in [0.4, 0.5) is 0 Å². The number of aliphatic hydroxyl groups excluding tert-OH is 1. The second-order valence-corrected chi connectivity index (χ2v) is 36.3. The summed E-state index contributed by atoms with van der Waals surface area (Å²) >= 11 is 0.845. The van der Waals surface area contributed by atoms with E-state index in [9.17, 15) is 39.3 Å². The van der Waals surface area contributed by atoms with Gasteiger partial charge in [-0.1, -0.05) is 197 Å². The van der Waals surface area contributed by atoms with E-state index < -0.39 is 204 Å². The number of phenolic OH excluding ortho intramolecular Hbond substituents is 2. The van der Waals surface area contributed by atoms with Gasteiger partial charge in [-0.05, 0) is 101 Å². The van der Waals surface area contributed by atoms with E-state index in [1.54, 1.807) is 156 Å². The van der Waals surface area contributed by atoms with Crippen LogP contribution < -0.4 is 53.6 Å². The summed E-state index contributed by atoms with van der Waals surface area (Å²) in [6, 6.07) is 27.2. The smallest absolute Gasteiger partial charge is 0.246 e. The number of para-hydroxylation sites is 1. The highest BCUT2D eigenvalue weighted by Gasteiger charge is 2.46. The molecule has 36 heteroatoms. The topological polar surface area (TPSA) is 483 Å². The van der Waals surface area contributed by atoms with Crippen LogP contribution in [0.3, 0.4) is 0 Å². The van der Waals surface area contributed by atoms with E-state index in [1.165, 1.54) is 91.4 Å². The number of thioether (sulfide) groups is 1. The van der Waals surface area contributed by atoms with Crippen LogP contribution in [0.2, 0.25) is 0 Å². The number of unbranched alkanes of at least 4 members (excludes halogenated alkanes) is 1. The molecule has 0 spiro atoms. The summed E-state index contributed by atoms with van der Waals surface area (Å²) in [6.45, 7) is 8.99. The molecule has 2 saturated heterocycles. The maximum Gasteiger partial charge on any atom is 0.246 e. The number of hydrogen-bond acceptors (Lipinski definition) is 18. The lowest BCUT2D eigenvalue weighted by atomic mass is 9.98. The molecular formula is C96H123N16O18PS. The Morgan fingerprint density at radius 2 is 0.985 bits per heavy atom. The summed E-state index contributed by atoms with van der Waals surface area (Å²) < 4.78 is 0. The fraction of sp³-hybridized carbons (Fsp3) is 0.438. The minimum absolute atomic E-state index is 0.0310. The van der Waals surface area contributed by atoms with Crippen molar-refractivity contribution in [1.29, 1.82) is 0 Å². The highest BCUT2D eigenvalue weighted by Crippen LogP contribution is 2.29. The zero-order chi connectivity index (χ0) is 96.2. The number of aliphatic hydroxyl groups is 1. The van der Waals surface area contributed by atoms with Crippen LogP contribution in [0.5, 0.6) is 11.5 Å². The number of amides is 15. The van der Waals surface area contributed by atoms with Crippen molar-refractivity contribution in [2.24, 2.45) is 23.5 Å². The number of H-pyrrole nitrogens is 1. The SMILES string of the molecule is CCCC[C@H]1C(=O)N(C)CC(=O)N[C@@H](CC(O)=P)C(=O)N[C@@H](C(C)C)C(=O)N(C)[C@@H](Cc2ccccc2)C(=O)N[C@@H](Cc2ccc(O)cc2)C(=O)N2C[C@H](C)C[C@@H]2C(=O)N[C@@H](Cc2c[nH]c3ccccc23)C(=O)N[C@@H](Cc2ccc(O)cc2)C(=O)N[C@@H](CC(C)C)C(=O)N[C@H](C(=O)NCC(N)=O)CSCC(=O)N[C@@H](Cc2ccccc2)C(=O)N(C)[C@@H](Cc2ccccc2)C(=O)N1C. The van der Waals surface area contributed by atoms with E-state index in [4.69, 9.17) is 5.73 Å². The maximum atomic E-state index is 15.9. The van der Waals surface area contributed by atoms with Gasteiger partial charge < -0.3 is 98.4 Å². The third kappa shape index (κ3) is 29.8. The standard InChI is InChI=1S/C96H123N16O18PS/c1-11-12-32-76-94(128)108(7)53-81(116)100-72(49-83(118)131)89(123)107-84(57(4)5)96(130)110(9)77(46-60-26-18-14-19-27-60)90(124)105-74(45-63-35-39-66(114)40-36-63)93(127)112-52-58(6)42-78(112)91(125)104-71(48-64-50-98-68-31-23-22-30-67(64)68)88(122)103-70(43-62-33-37-65(113)38-34-62)87(121)102-69(41-56(2)3)86(120)106-75(85(119)99-51-80(97)115)54-132-55-82(117)101-73(44-59-24-16-13-17-25-59)92(126)111(10)79(95(129)109(76)8)47-61-28-20-15-21-29-61/h13-31,33-40,50,56-58,69-79,84,98,113-114,118,131H,11-12,32,41-49,51-55H2,1-10H3,(H2,97,115)(H,99,119)(H,100,116)(H,101,117)(H,102,121)(H,103,122)(H,104,125)(H,105,124)(H,106,120)(H,107,123)/t58-,69+,70+,71+,72+,73+,74+,75+,76+,77+,78-,79+,84+/m1/s1. The number of aromatic hydroxyl groups is 2. The molecule has 0 unspecified atom stereocenters. The van der Waals surface area contributed by atoms with Crippen LogP contribution in [0.15, 0.2) is 170 Å². The number of likely N-dealkylation sites (N-methyl/N-ethyl adjacent to an activating group) is 4. The molecule has 15 amide bonds. The third-order valence-corrected chi connectivity index (χ3v) is 24.6. The number of primary amides is 1. The highest BCUT2D eigenvalue weighted by atomic mass is 32.2. The Labute approximate surface area is 774 Å². The van der Waals surface area contributed by atoms with Gasteiger partial charge in [0.25, 0.3) is 0 Å². The van der Waals surface area contributed by atoms with Gasteiger partial charge in [-0.15, -0.1) is 11.8 Å². The number of nitrogens with zero attached hydrogens (tertiary/aromatic N) is 5. The second kappa shape index (κ2) is 49.3. The first-order valence-electron chi connectivity index (χ1n) is 44.3. The number of fused-ring (bicyclic) bond motifs is 2. The highest BCUT2D eigenvalue weighted by molar-refractivity contribution is 8.00. The van der Waals surface area contributed by atoms with Gasteiger partial charge in [0.15, 0.2) is 0 Å². The average Bonchev–Trinajstić information content (AvgIpc) is 1.57. The quantitative estimate of drug-likeness (QED) is 0.0406. The Hall–Kier alpha value is -13.0. The number of aromatic nitrogens is 1. The molecule has 3 heterocycles. The molecule has 0 aliphatic carbocycles. The van der Waals surface area contributed by atoms with Crippen LogP contribution in [-0.2, 0) is 110 Å². The normalized spacial score (nSPS) is 23.2. The predicted octanol–water partition coefficient (Wildman–Crippen LogP) is 3.67. The van der Waals surface area contributed by atoms with Crippen LogP contribution in [0.1, 0.15) is 113 Å². The molecular weight excluding hydrogens is 1730 g/mol. The summed E-state index contributed by atoms with van der Waals surface area (Å²) in [4.78, 5) is 234. The molecule has 7 aromatic rings. The first kappa shape index (κ1) is 103. The number of nitrogens with two attached hydrogens (primary N) is 1. The van der Waals surface area contributed by atoms with Crippen molar-refractivity contribution in [3.8, 4) is 11.5 Å². The number of rotatable bonds is 23. The number of phenols is 2. The summed E-state index contributed by atoms with van der Waals surface area (Å²) in [5.74, 6) is -15.3. The molecule has 13 atom stereocenters. The molecule has 0 saturated carbocycles. The van der Waals surface area contributed by atoms with Crippen LogP contribution in [-0.4, -0.2) is 271 Å². The number of hydrogen-bond donors (Lipinski definition) is 14. The van der Waals surface area contributed by atoms with E-state index in [1.807, 2.05) is 6.92 Å². The summed E-state index contributed by atoms with van der Waals surface area (Å²) in [5.41, 5.74) is 8.82. The molecule has 2 aliphatic heterocycles. The number of carbonyl (C=O) groups excluding carboxylic acids is 15. The fourth-order valence-electron chi connectivity index (χ4n) is 16.2. The van der Waals surface area contributed by atoms with Gasteiger partial charge in [-0.25, -0.2) is 0 Å². The van der Waals surface area contributed by atoms with Crippen molar-refractivity contribution in [2.45, 2.75) is 191 Å². The summed E-state index contributed by atoms with van der Waals surface area (Å²) in [5, 5.41) is 57.1. The Kier molecular flexibility index (Phi) is 38.4. The van der Waals surface area contributed by atoms with E-state index >= 15 is 47.9 Å². The number of nitrogens with one attached hydrogen (secondary N) is 10. The summed E-state index contributed by atoms with van der Waals surface area (Å²) in [7, 11) is 8.52. The Balaban J connectivity index is 1.13. The van der Waals surface area contributed by atoms with Crippen molar-refractivity contribution < 1.29 is 87.2 Å². The largest absolute Gasteiger partial charge is 0.508 e. The molecule has 132 heavy (non-hydrogen) atoms. The summed E-state index contributed by atoms with van der Waals surface area (Å²) in [6.07, 6.45) is 0.889. The van der Waals surface area contributed by atoms with Gasteiger partial charge in [-0.3, -0.25) is 71.9 Å². The maximum absolute atomic E-state index is 15.9. The minimum Gasteiger partial charge on any atom is -0.508 e. The van der Waals surface area contributed by atoms with Gasteiger partial charge >= 0.3 is 0 Å². The molecule has 0 bridgehead atoms. The third-order valence-electron chi connectivity index (χ3n) is 23.4. The van der Waals surface area contributed by atoms with Gasteiger partial charge in [-0.2, -0.15) is 0 Å². The average molecular weight is 1850 g/mol. The van der Waals surface area contributed by atoms with Crippen LogP contribution >= 0.6 is 20.6 Å². The molecule has 0 radical (unpaired) electrons. The van der Waals surface area contributed by atoms with Gasteiger partial charge in [0.2, 0.25) is 88.6 Å². The molecule has 9 rings (SSSR count). The molecule has 1 aromatic heterocycles. The van der Waals surface area contributed by atoms with Crippen molar-refractivity contribution in [2.75, 3.05) is 59.3 Å². The van der Waals surface area contributed by atoms with Gasteiger partial charge in [0.1, 0.15) is 84.0 Å². The van der Waals surface area contributed by atoms with Crippen LogP contribution in [0.25, 0.3) is 10.9 Å². The molecule has 2 aliphatic rings. The Morgan fingerprint density at radius 3 is 1.55 bits per heavy atom. The second-order valence-electron chi connectivity index (χ2n) is 34.7. The number of benzene rings is 6. The lowest BCUT2D eigenvalue weighted by Crippen LogP contribution is -2.62. The van der Waals surface area contributed by atoms with Crippen molar-refractivity contribution in [3.63, 3.8) is 0 Å². The van der Waals surface area contributed by atoms with E-state index in [0.717, 1.165) is 21.6 Å². The molecule has 2 fully saturated rings. The zero-order valence-electron chi connectivity index (χ0n) is 76.0. The van der Waals surface area contributed by atoms with E-state index in [2.05, 4.69) is 61.7 Å². The van der Waals surface area contributed by atoms with Gasteiger partial charge in [0, 0.05) is 103 Å². The van der Waals surface area contributed by atoms with Crippen molar-refractivity contribution >= 4 is 126 Å². The van der Waals surface area contributed by atoms with Gasteiger partial charge in [0.05, 0.1) is 24.3 Å². The minimum atomic E-state index is -1.64. The first-order valence-corrected chi connectivity index (χ1v) is 45.9. The Bertz CT molecular complexity index is 5210. The van der Waals surface area contributed by atoms with Crippen LogP contribution in [0, 0.1) is 17.8 Å².